The monoisotopic (exact) mass is 460 g/mol. The van der Waals surface area contributed by atoms with Crippen LogP contribution in [0.5, 0.6) is 11.5 Å². The zero-order valence-electron chi connectivity index (χ0n) is 17.9. The second kappa shape index (κ2) is 12.0. The van der Waals surface area contributed by atoms with E-state index in [4.69, 9.17) is 9.84 Å². The highest BCUT2D eigenvalue weighted by molar-refractivity contribution is 6.06. The molecule has 9 heteroatoms. The lowest BCUT2D eigenvalue weighted by atomic mass is 10.1. The number of rotatable bonds is 12. The van der Waals surface area contributed by atoms with Crippen molar-refractivity contribution < 1.29 is 33.0 Å². The number of carbonyl (C=O) groups is 2. The van der Waals surface area contributed by atoms with Gasteiger partial charge in [0.1, 0.15) is 17.2 Å². The van der Waals surface area contributed by atoms with Gasteiger partial charge < -0.3 is 25.2 Å². The minimum atomic E-state index is -2.95. The van der Waals surface area contributed by atoms with Gasteiger partial charge in [-0.15, -0.1) is 0 Å². The van der Waals surface area contributed by atoms with Crippen LogP contribution in [-0.2, 0) is 4.79 Å². The normalized spacial score (nSPS) is 13.5. The Bertz CT molecular complexity index is 975. The number of para-hydroxylation sites is 1. The Balaban J connectivity index is 1.76. The summed E-state index contributed by atoms with van der Waals surface area (Å²) in [6.07, 6.45) is 4.74. The predicted molar refractivity (Wildman–Crippen MR) is 118 cm³/mol. The number of aliphatic hydroxyl groups excluding tert-OH is 1. The van der Waals surface area contributed by atoms with Crippen LogP contribution in [0.4, 0.5) is 8.78 Å². The van der Waals surface area contributed by atoms with Gasteiger partial charge in [-0.1, -0.05) is 37.1 Å². The second-order valence-electron chi connectivity index (χ2n) is 7.52. The summed E-state index contributed by atoms with van der Waals surface area (Å²) in [7, 11) is 0. The third kappa shape index (κ3) is 7.87. The molecule has 1 fully saturated rings. The fourth-order valence-electron chi connectivity index (χ4n) is 3.05. The van der Waals surface area contributed by atoms with Gasteiger partial charge in [-0.05, 0) is 48.2 Å². The number of ether oxygens (including phenoxy) is 2. The molecular weight excluding hydrogens is 434 g/mol. The van der Waals surface area contributed by atoms with Crippen molar-refractivity contribution in [2.24, 2.45) is 5.92 Å². The molecule has 0 radical (unpaired) electrons. The molecule has 3 rings (SSSR count). The maximum atomic E-state index is 13.0. The van der Waals surface area contributed by atoms with Crippen LogP contribution in [0.3, 0.4) is 0 Å². The van der Waals surface area contributed by atoms with Gasteiger partial charge >= 0.3 is 6.61 Å². The summed E-state index contributed by atoms with van der Waals surface area (Å²) >= 11 is 0. The number of halogens is 2. The number of hydrogen-bond donors (Lipinski definition) is 3. The number of carbonyl (C=O) groups excluding carboxylic acids is 2. The van der Waals surface area contributed by atoms with Gasteiger partial charge in [0.15, 0.2) is 0 Å². The first-order valence-electron chi connectivity index (χ1n) is 10.6. The molecule has 0 spiro atoms. The molecule has 176 valence electrons. The van der Waals surface area contributed by atoms with Crippen LogP contribution >= 0.6 is 0 Å². The lowest BCUT2D eigenvalue weighted by Gasteiger charge is -2.14. The van der Waals surface area contributed by atoms with Crippen molar-refractivity contribution in [2.75, 3.05) is 19.8 Å². The molecule has 0 bridgehead atoms. The van der Waals surface area contributed by atoms with E-state index in [9.17, 15) is 18.4 Å². The highest BCUT2D eigenvalue weighted by Crippen LogP contribution is 2.32. The number of nitrogens with one attached hydrogen (secondary N) is 2. The Labute approximate surface area is 190 Å². The highest BCUT2D eigenvalue weighted by atomic mass is 19.3. The Hall–Kier alpha value is -3.46. The molecule has 3 N–H and O–H groups in total. The number of alkyl halides is 2. The van der Waals surface area contributed by atoms with E-state index in [0.29, 0.717) is 23.8 Å². The van der Waals surface area contributed by atoms with E-state index in [0.717, 1.165) is 6.42 Å². The van der Waals surface area contributed by atoms with Gasteiger partial charge in [0.25, 0.3) is 11.8 Å². The largest absolute Gasteiger partial charge is 0.493 e. The summed E-state index contributed by atoms with van der Waals surface area (Å²) in [5, 5.41) is 14.1. The van der Waals surface area contributed by atoms with Crippen LogP contribution in [0.25, 0.3) is 6.08 Å². The molecule has 0 saturated heterocycles. The van der Waals surface area contributed by atoms with E-state index in [1.54, 1.807) is 24.3 Å². The maximum absolute atomic E-state index is 13.0. The molecule has 1 aliphatic rings. The minimum absolute atomic E-state index is 0.00588. The molecule has 0 atom stereocenters. The SMILES string of the molecule is O=C(NCCO)C(=Cc1ccc(OC(F)F)cc1)NC(=O)c1ccccc1OCCC1CC1. The van der Waals surface area contributed by atoms with Gasteiger partial charge in [-0.25, -0.2) is 0 Å². The van der Waals surface area contributed by atoms with Crippen LogP contribution in [0.2, 0.25) is 0 Å². The average Bonchev–Trinajstić information content (AvgIpc) is 3.62. The quantitative estimate of drug-likeness (QED) is 0.422. The van der Waals surface area contributed by atoms with Crippen molar-refractivity contribution in [3.05, 3.63) is 65.4 Å². The molecule has 0 aliphatic heterocycles. The summed E-state index contributed by atoms with van der Waals surface area (Å²) in [5.41, 5.74) is 0.665. The first-order valence-corrected chi connectivity index (χ1v) is 10.6. The van der Waals surface area contributed by atoms with Crippen molar-refractivity contribution in [3.63, 3.8) is 0 Å². The van der Waals surface area contributed by atoms with Crippen LogP contribution in [0.15, 0.2) is 54.2 Å². The molecule has 33 heavy (non-hydrogen) atoms. The third-order valence-corrected chi connectivity index (χ3v) is 4.92. The van der Waals surface area contributed by atoms with Gasteiger partial charge in [-0.2, -0.15) is 8.78 Å². The van der Waals surface area contributed by atoms with E-state index < -0.39 is 18.4 Å². The second-order valence-corrected chi connectivity index (χ2v) is 7.52. The first kappa shape index (κ1) is 24.2. The van der Waals surface area contributed by atoms with Gasteiger partial charge in [-0.3, -0.25) is 9.59 Å². The summed E-state index contributed by atoms with van der Waals surface area (Å²) < 4.78 is 34.8. The third-order valence-electron chi connectivity index (χ3n) is 4.92. The molecule has 2 aromatic rings. The van der Waals surface area contributed by atoms with E-state index in [2.05, 4.69) is 15.4 Å². The minimum Gasteiger partial charge on any atom is -0.493 e. The molecule has 1 saturated carbocycles. The van der Waals surface area contributed by atoms with Crippen LogP contribution in [-0.4, -0.2) is 43.3 Å². The maximum Gasteiger partial charge on any atom is 0.387 e. The van der Waals surface area contributed by atoms with Crippen molar-refractivity contribution >= 4 is 17.9 Å². The van der Waals surface area contributed by atoms with Crippen molar-refractivity contribution in [3.8, 4) is 11.5 Å². The fourth-order valence-corrected chi connectivity index (χ4v) is 3.05. The van der Waals surface area contributed by atoms with Crippen molar-refractivity contribution in [1.29, 1.82) is 0 Å². The standard InChI is InChI=1S/C24H26F2N2O5/c25-24(26)33-18-9-7-17(8-10-18)15-20(23(31)27-12-13-29)28-22(30)19-3-1-2-4-21(19)32-14-11-16-5-6-16/h1-4,7-10,15-16,24,29H,5-6,11-14H2,(H,27,31)(H,28,30). The van der Waals surface area contributed by atoms with Crippen molar-refractivity contribution in [1.82, 2.24) is 10.6 Å². The van der Waals surface area contributed by atoms with Gasteiger partial charge in [0.2, 0.25) is 0 Å². The Kier molecular flexibility index (Phi) is 8.77. The Morgan fingerprint density at radius 1 is 1.12 bits per heavy atom. The molecule has 1 aliphatic carbocycles. The zero-order chi connectivity index (χ0) is 23.6. The molecule has 0 aromatic heterocycles. The van der Waals surface area contributed by atoms with Crippen molar-refractivity contribution in [2.45, 2.75) is 25.9 Å². The van der Waals surface area contributed by atoms with Gasteiger partial charge in [0.05, 0.1) is 18.8 Å². The lowest BCUT2D eigenvalue weighted by molar-refractivity contribution is -0.117. The molecule has 0 unspecified atom stereocenters. The Morgan fingerprint density at radius 2 is 1.85 bits per heavy atom. The Morgan fingerprint density at radius 3 is 2.52 bits per heavy atom. The van der Waals surface area contributed by atoms with E-state index in [1.165, 1.54) is 43.2 Å². The van der Waals surface area contributed by atoms with Crippen LogP contribution in [0, 0.1) is 5.92 Å². The molecule has 2 aromatic carbocycles. The first-order chi connectivity index (χ1) is 16.0. The molecule has 7 nitrogen and oxygen atoms in total. The fraction of sp³-hybridized carbons (Fsp3) is 0.333. The van der Waals surface area contributed by atoms with E-state index in [1.807, 2.05) is 0 Å². The van der Waals surface area contributed by atoms with Crippen LogP contribution in [0.1, 0.15) is 35.2 Å². The number of benzene rings is 2. The molecule has 2 amide bonds. The van der Waals surface area contributed by atoms with E-state index in [-0.39, 0.29) is 30.2 Å². The number of hydrogen-bond acceptors (Lipinski definition) is 5. The summed E-state index contributed by atoms with van der Waals surface area (Å²) in [5.74, 6) is -0.0836. The lowest BCUT2D eigenvalue weighted by Crippen LogP contribution is -2.36. The van der Waals surface area contributed by atoms with Gasteiger partial charge in [0, 0.05) is 6.54 Å². The summed E-state index contributed by atoms with van der Waals surface area (Å²) in [6, 6.07) is 12.3. The topological polar surface area (TPSA) is 96.9 Å². The number of aliphatic hydroxyl groups is 1. The average molecular weight is 460 g/mol. The smallest absolute Gasteiger partial charge is 0.387 e. The van der Waals surface area contributed by atoms with E-state index >= 15 is 0 Å². The highest BCUT2D eigenvalue weighted by Gasteiger charge is 2.22. The number of amides is 2. The van der Waals surface area contributed by atoms with Crippen LogP contribution < -0.4 is 20.1 Å². The summed E-state index contributed by atoms with van der Waals surface area (Å²) in [4.78, 5) is 25.5. The molecular formula is C24H26F2N2O5. The summed E-state index contributed by atoms with van der Waals surface area (Å²) in [6.45, 7) is -2.72. The predicted octanol–water partition coefficient (Wildman–Crippen LogP) is 3.35. The molecule has 0 heterocycles. The zero-order valence-corrected chi connectivity index (χ0v) is 17.9.